The van der Waals surface area contributed by atoms with Crippen molar-refractivity contribution in [3.05, 3.63) is 36.0 Å². The number of hydrogen-bond acceptors (Lipinski definition) is 7. The lowest BCUT2D eigenvalue weighted by Crippen LogP contribution is -2.14. The average molecular weight is 277 g/mol. The summed E-state index contributed by atoms with van der Waals surface area (Å²) in [6.07, 6.45) is 3.26. The molecule has 0 bridgehead atoms. The Bertz CT molecular complexity index is 757. The van der Waals surface area contributed by atoms with Gasteiger partial charge in [0.25, 0.3) is 0 Å². The van der Waals surface area contributed by atoms with Gasteiger partial charge in [0.1, 0.15) is 0 Å². The second kappa shape index (κ2) is 4.29. The minimum Gasteiger partial charge on any atom is -0.549 e. The van der Waals surface area contributed by atoms with E-state index in [1.165, 1.54) is 7.48 Å². The highest BCUT2D eigenvalue weighted by Crippen LogP contribution is 2.38. The van der Waals surface area contributed by atoms with Crippen LogP contribution in [0.2, 0.25) is 0 Å². The minimum atomic E-state index is -0.940. The van der Waals surface area contributed by atoms with Crippen LogP contribution in [-0.2, 0) is 14.9 Å². The maximum atomic E-state index is 5.95. The van der Waals surface area contributed by atoms with Crippen LogP contribution in [0.15, 0.2) is 29.5 Å². The first-order valence-corrected chi connectivity index (χ1v) is 6.34. The average Bonchev–Trinajstić information content (AvgIpc) is 3.37. The molecule has 100 valence electrons. The second-order valence-corrected chi connectivity index (χ2v) is 4.80. The molecular weight excluding hydrogens is 268 g/mol. The fourth-order valence-corrected chi connectivity index (χ4v) is 2.01. The monoisotopic (exact) mass is 277 g/mol. The number of nitrogen functional groups attached to an aromatic ring is 1. The van der Waals surface area contributed by atoms with Gasteiger partial charge in [-0.05, 0) is 19.1 Å². The number of pyridine rings is 1. The fraction of sp³-hybridized carbons (Fsp3) is 0.167. The molecule has 4 heterocycles. The van der Waals surface area contributed by atoms with Crippen molar-refractivity contribution in [3.63, 3.8) is 0 Å². The molecule has 2 fully saturated rings. The van der Waals surface area contributed by atoms with Gasteiger partial charge in [0.05, 0.1) is 17.6 Å². The largest absolute Gasteiger partial charge is 0.549 e. The van der Waals surface area contributed by atoms with Crippen LogP contribution in [0.5, 0.6) is 0 Å². The molecule has 7 nitrogen and oxygen atoms in total. The first-order chi connectivity index (χ1) is 10.2. The van der Waals surface area contributed by atoms with Gasteiger partial charge < -0.3 is 15.0 Å². The van der Waals surface area contributed by atoms with Crippen LogP contribution in [0.1, 0.15) is 11.5 Å². The van der Waals surface area contributed by atoms with Gasteiger partial charge in [0.15, 0.2) is 11.6 Å². The number of aliphatic imine (C=N–C) groups is 1. The third-order valence-corrected chi connectivity index (χ3v) is 3.14. The molecule has 1 atom stereocenters. The van der Waals surface area contributed by atoms with Gasteiger partial charge in [-0.3, -0.25) is 4.98 Å². The number of rotatable bonds is 3. The Hall–Kier alpha value is -2.41. The Labute approximate surface area is 122 Å². The summed E-state index contributed by atoms with van der Waals surface area (Å²) in [5, 5.41) is 0. The Kier molecular flexibility index (Phi) is 2.52. The van der Waals surface area contributed by atoms with E-state index in [-0.39, 0.29) is 0 Å². The van der Waals surface area contributed by atoms with Crippen LogP contribution in [-0.4, -0.2) is 35.7 Å². The van der Waals surface area contributed by atoms with E-state index in [2.05, 4.69) is 19.9 Å². The number of hydrogen-bond donors (Lipinski definition) is 1. The normalized spacial score (nSPS) is 24.0. The molecule has 1 unspecified atom stereocenters. The van der Waals surface area contributed by atoms with Gasteiger partial charge in [-0.1, -0.05) is 0 Å². The smallest absolute Gasteiger partial charge is 0.474 e. The Morgan fingerprint density at radius 1 is 1.38 bits per heavy atom. The van der Waals surface area contributed by atoms with Crippen LogP contribution in [0.3, 0.4) is 0 Å². The minimum absolute atomic E-state index is 0.463. The van der Waals surface area contributed by atoms with Crippen molar-refractivity contribution in [3.8, 4) is 11.3 Å². The quantitative estimate of drug-likeness (QED) is 0.634. The van der Waals surface area contributed by atoms with E-state index in [1.54, 1.807) is 19.9 Å². The van der Waals surface area contributed by atoms with Crippen molar-refractivity contribution in [2.75, 3.05) is 5.73 Å². The lowest BCUT2D eigenvalue weighted by atomic mass is 9.95. The molecule has 4 rings (SSSR count). The maximum absolute atomic E-state index is 5.95. The van der Waals surface area contributed by atoms with E-state index < -0.39 is 5.62 Å². The zero-order valence-electron chi connectivity index (χ0n) is 11.1. The predicted molar refractivity (Wildman–Crippen MR) is 77.2 cm³/mol. The molecule has 21 heavy (non-hydrogen) atoms. The maximum Gasteiger partial charge on any atom is 0.474 e. The van der Waals surface area contributed by atoms with E-state index in [9.17, 15) is 0 Å². The molecule has 0 aliphatic carbocycles. The molecule has 0 saturated carbocycles. The van der Waals surface area contributed by atoms with Crippen LogP contribution in [0.4, 0.5) is 5.69 Å². The van der Waals surface area contributed by atoms with Gasteiger partial charge in [-0.15, -0.1) is 0 Å². The number of anilines is 1. The van der Waals surface area contributed by atoms with Crippen molar-refractivity contribution >= 4 is 26.4 Å². The lowest BCUT2D eigenvalue weighted by molar-refractivity contribution is 0.319. The first kappa shape index (κ1) is 12.3. The Morgan fingerprint density at radius 3 is 2.86 bits per heavy atom. The summed E-state index contributed by atoms with van der Waals surface area (Å²) >= 11 is 0. The molecular formula is C12H9B2N5O2. The van der Waals surface area contributed by atoms with E-state index >= 15 is 0 Å². The zero-order valence-corrected chi connectivity index (χ0v) is 11.1. The van der Waals surface area contributed by atoms with Crippen LogP contribution in [0.25, 0.3) is 11.3 Å². The molecule has 0 amide bonds. The topological polar surface area (TPSA) is 102 Å². The molecule has 2 saturated heterocycles. The number of nitrogens with zero attached hydrogens (tertiary/aromatic N) is 4. The van der Waals surface area contributed by atoms with Crippen LogP contribution < -0.4 is 5.73 Å². The van der Waals surface area contributed by atoms with Crippen LogP contribution in [0, 0.1) is 6.92 Å². The molecule has 2 aromatic rings. The third-order valence-electron chi connectivity index (χ3n) is 3.14. The number of nitrogens with two attached hydrogens (primary N) is 1. The highest BCUT2D eigenvalue weighted by atomic mass is 16.6. The van der Waals surface area contributed by atoms with Crippen molar-refractivity contribution in [2.24, 2.45) is 4.99 Å². The van der Waals surface area contributed by atoms with Crippen LogP contribution >= 0.6 is 0 Å². The van der Waals surface area contributed by atoms with E-state index in [0.717, 1.165) is 11.3 Å². The summed E-state index contributed by atoms with van der Waals surface area (Å²) in [6, 6.07) is 3.67. The van der Waals surface area contributed by atoms with Gasteiger partial charge >= 0.3 is 15.0 Å². The molecule has 9 heteroatoms. The van der Waals surface area contributed by atoms with Crippen molar-refractivity contribution < 1.29 is 9.31 Å². The zero-order chi connectivity index (χ0) is 14.4. The summed E-state index contributed by atoms with van der Waals surface area (Å²) in [6.45, 7) is 1.88. The third kappa shape index (κ3) is 2.25. The van der Waals surface area contributed by atoms with E-state index in [0.29, 0.717) is 23.0 Å². The summed E-state index contributed by atoms with van der Waals surface area (Å²) in [4.78, 5) is 17.2. The summed E-state index contributed by atoms with van der Waals surface area (Å²) < 4.78 is 10.2. The molecule has 2 aliphatic rings. The fourth-order valence-electron chi connectivity index (χ4n) is 2.01. The molecule has 2 N–H and O–H groups in total. The van der Waals surface area contributed by atoms with Crippen molar-refractivity contribution in [1.82, 2.24) is 15.0 Å². The highest BCUT2D eigenvalue weighted by molar-refractivity contribution is 6.83. The molecule has 0 aromatic carbocycles. The van der Waals surface area contributed by atoms with Gasteiger partial charge in [0, 0.05) is 17.5 Å². The Balaban J connectivity index is 1.81. The summed E-state index contributed by atoms with van der Waals surface area (Å²) in [5.41, 5.74) is 7.88. The highest BCUT2D eigenvalue weighted by Gasteiger charge is 2.54. The van der Waals surface area contributed by atoms with E-state index in [1.807, 2.05) is 19.1 Å². The summed E-state index contributed by atoms with van der Waals surface area (Å²) in [7, 11) is 3.11. The standard InChI is InChI=1S/C12H9B2N5O2/c1-6-4-9(7-2-3-16-5-8(7)15)18-10(17-6)12(14-21-12)19-11-13-20-11/h2-5H,15H2,1H3. The molecule has 2 aromatic heterocycles. The first-order valence-electron chi connectivity index (χ1n) is 6.34. The lowest BCUT2D eigenvalue weighted by Gasteiger charge is -2.10. The summed E-state index contributed by atoms with van der Waals surface area (Å²) in [5.74, 6) is 0.990. The molecule has 2 radical (unpaired) electrons. The van der Waals surface area contributed by atoms with E-state index in [4.69, 9.17) is 15.0 Å². The predicted octanol–water partition coefficient (Wildman–Crippen LogP) is 0.194. The van der Waals surface area contributed by atoms with Gasteiger partial charge in [-0.25, -0.2) is 15.0 Å². The molecule has 2 aliphatic heterocycles. The van der Waals surface area contributed by atoms with Crippen molar-refractivity contribution in [2.45, 2.75) is 12.5 Å². The number of aromatic nitrogens is 3. The molecule has 0 spiro atoms. The van der Waals surface area contributed by atoms with Crippen molar-refractivity contribution in [1.29, 1.82) is 0 Å². The van der Waals surface area contributed by atoms with Gasteiger partial charge in [-0.2, -0.15) is 0 Å². The Morgan fingerprint density at radius 2 is 2.19 bits per heavy atom. The number of aryl methyl sites for hydroxylation is 1. The SMILES string of the molecule is Cc1cc(-c2ccncc2N)nc(C2(N=C3[B]O3)[B]O2)n1. The van der Waals surface area contributed by atoms with Gasteiger partial charge in [0.2, 0.25) is 5.62 Å². The second-order valence-electron chi connectivity index (χ2n) is 4.80.